The van der Waals surface area contributed by atoms with Crippen LogP contribution >= 0.6 is 22.6 Å². The first kappa shape index (κ1) is 10.8. The smallest absolute Gasteiger partial charge is 0.0692 e. The Morgan fingerprint density at radius 1 is 1.25 bits per heavy atom. The van der Waals surface area contributed by atoms with Crippen molar-refractivity contribution in [3.05, 3.63) is 0 Å². The average molecular weight is 282 g/mol. The van der Waals surface area contributed by atoms with E-state index in [0.717, 1.165) is 17.0 Å². The molecule has 0 aliphatic heterocycles. The summed E-state index contributed by atoms with van der Waals surface area (Å²) in [5, 5.41) is 0. The maximum Gasteiger partial charge on any atom is 0.0692 e. The fraction of sp³-hybridized carbons (Fsp3) is 1.00. The Hall–Kier alpha value is 0.690. The minimum absolute atomic E-state index is 0.549. The Morgan fingerprint density at radius 3 is 2.75 bits per heavy atom. The molecule has 1 rings (SSSR count). The molecule has 0 aromatic heterocycles. The van der Waals surface area contributed by atoms with E-state index in [-0.39, 0.29) is 0 Å². The zero-order valence-corrected chi connectivity index (χ0v) is 10.0. The van der Waals surface area contributed by atoms with E-state index < -0.39 is 0 Å². The Bertz CT molecular complexity index is 116. The lowest BCUT2D eigenvalue weighted by Crippen LogP contribution is -2.23. The summed E-state index contributed by atoms with van der Waals surface area (Å²) >= 11 is 2.56. The molecule has 0 aromatic carbocycles. The largest absolute Gasteiger partial charge is 0.377 e. The quantitative estimate of drug-likeness (QED) is 0.437. The highest BCUT2D eigenvalue weighted by atomic mass is 127. The molecular formula is C10H19IO. The predicted molar refractivity (Wildman–Crippen MR) is 60.9 cm³/mol. The molecule has 0 aromatic rings. The second-order valence-electron chi connectivity index (χ2n) is 3.56. The van der Waals surface area contributed by atoms with Gasteiger partial charge in [0.2, 0.25) is 0 Å². The Labute approximate surface area is 89.4 Å². The van der Waals surface area contributed by atoms with Gasteiger partial charge in [-0.2, -0.15) is 0 Å². The van der Waals surface area contributed by atoms with E-state index >= 15 is 0 Å². The first-order valence-electron chi connectivity index (χ1n) is 5.10. The van der Waals surface area contributed by atoms with Crippen LogP contribution in [-0.4, -0.2) is 16.6 Å². The zero-order chi connectivity index (χ0) is 8.81. The van der Waals surface area contributed by atoms with Crippen LogP contribution in [0.2, 0.25) is 0 Å². The summed E-state index contributed by atoms with van der Waals surface area (Å²) in [6.45, 7) is 3.13. The van der Waals surface area contributed by atoms with Gasteiger partial charge in [-0.05, 0) is 19.3 Å². The molecule has 12 heavy (non-hydrogen) atoms. The molecule has 1 nitrogen and oxygen atoms in total. The number of alkyl halides is 1. The summed E-state index contributed by atoms with van der Waals surface area (Å²) in [6, 6.07) is 0. The van der Waals surface area contributed by atoms with Crippen LogP contribution in [0, 0.1) is 0 Å². The Morgan fingerprint density at radius 2 is 2.00 bits per heavy atom. The van der Waals surface area contributed by atoms with Crippen molar-refractivity contribution in [3.8, 4) is 0 Å². The Balaban J connectivity index is 2.26. The van der Waals surface area contributed by atoms with Crippen LogP contribution in [0.3, 0.4) is 0 Å². The maximum atomic E-state index is 5.82. The van der Waals surface area contributed by atoms with Crippen molar-refractivity contribution in [2.75, 3.05) is 6.61 Å². The minimum atomic E-state index is 0.549. The van der Waals surface area contributed by atoms with Gasteiger partial charge in [0.1, 0.15) is 0 Å². The summed E-state index contributed by atoms with van der Waals surface area (Å²) in [6.07, 6.45) is 8.52. The molecule has 1 aliphatic rings. The normalized spacial score (nSPS) is 31.5. The van der Waals surface area contributed by atoms with Gasteiger partial charge in [0.05, 0.1) is 6.10 Å². The third kappa shape index (κ3) is 3.60. The summed E-state index contributed by atoms with van der Waals surface area (Å²) in [5.74, 6) is 0. The van der Waals surface area contributed by atoms with E-state index in [1.54, 1.807) is 0 Å². The highest BCUT2D eigenvalue weighted by Gasteiger charge is 2.21. The maximum absolute atomic E-state index is 5.82. The monoisotopic (exact) mass is 282 g/mol. The van der Waals surface area contributed by atoms with Crippen LogP contribution in [0.25, 0.3) is 0 Å². The van der Waals surface area contributed by atoms with Crippen molar-refractivity contribution < 1.29 is 4.74 Å². The number of ether oxygens (including phenoxy) is 1. The van der Waals surface area contributed by atoms with Crippen molar-refractivity contribution in [2.24, 2.45) is 0 Å². The fourth-order valence-electron chi connectivity index (χ4n) is 1.69. The summed E-state index contributed by atoms with van der Waals surface area (Å²) < 4.78 is 6.58. The molecular weight excluding hydrogens is 263 g/mol. The summed E-state index contributed by atoms with van der Waals surface area (Å²) in [4.78, 5) is 0. The molecule has 1 saturated carbocycles. The standard InChI is InChI=1S/C10H19IO/c1-2-8-12-10-7-5-3-4-6-9(10)11/h9-10H,2-8H2,1H3. The van der Waals surface area contributed by atoms with Gasteiger partial charge in [-0.3, -0.25) is 0 Å². The van der Waals surface area contributed by atoms with Gasteiger partial charge in [0, 0.05) is 10.5 Å². The average Bonchev–Trinajstić information content (AvgIpc) is 2.27. The van der Waals surface area contributed by atoms with Crippen LogP contribution in [-0.2, 0) is 4.74 Å². The molecule has 0 bridgehead atoms. The molecule has 2 heteroatoms. The molecule has 2 atom stereocenters. The van der Waals surface area contributed by atoms with Crippen LogP contribution in [0.15, 0.2) is 0 Å². The van der Waals surface area contributed by atoms with Gasteiger partial charge < -0.3 is 4.74 Å². The topological polar surface area (TPSA) is 9.23 Å². The second kappa shape index (κ2) is 6.19. The summed E-state index contributed by atoms with van der Waals surface area (Å²) in [7, 11) is 0. The lowest BCUT2D eigenvalue weighted by atomic mass is 10.1. The molecule has 0 saturated heterocycles. The highest BCUT2D eigenvalue weighted by Crippen LogP contribution is 2.26. The third-order valence-corrected chi connectivity index (χ3v) is 3.83. The van der Waals surface area contributed by atoms with E-state index in [0.29, 0.717) is 6.10 Å². The van der Waals surface area contributed by atoms with Crippen molar-refractivity contribution in [2.45, 2.75) is 55.5 Å². The first-order valence-corrected chi connectivity index (χ1v) is 6.35. The predicted octanol–water partition coefficient (Wildman–Crippen LogP) is 3.55. The van der Waals surface area contributed by atoms with Gasteiger partial charge in [-0.1, -0.05) is 48.8 Å². The van der Waals surface area contributed by atoms with Crippen molar-refractivity contribution >= 4 is 22.6 Å². The molecule has 2 unspecified atom stereocenters. The van der Waals surface area contributed by atoms with Crippen molar-refractivity contribution in [1.82, 2.24) is 0 Å². The van der Waals surface area contributed by atoms with Gasteiger partial charge in [-0.15, -0.1) is 0 Å². The molecule has 1 aliphatic carbocycles. The van der Waals surface area contributed by atoms with Crippen LogP contribution in [0.1, 0.15) is 45.4 Å². The van der Waals surface area contributed by atoms with E-state index in [4.69, 9.17) is 4.74 Å². The van der Waals surface area contributed by atoms with Crippen LogP contribution in [0.5, 0.6) is 0 Å². The Kier molecular flexibility index (Phi) is 5.56. The van der Waals surface area contributed by atoms with E-state index in [1.165, 1.54) is 32.1 Å². The van der Waals surface area contributed by atoms with Gasteiger partial charge in [0.15, 0.2) is 0 Å². The molecule has 72 valence electrons. The van der Waals surface area contributed by atoms with E-state index in [9.17, 15) is 0 Å². The molecule has 0 radical (unpaired) electrons. The SMILES string of the molecule is CCCOC1CCCCCC1I. The van der Waals surface area contributed by atoms with Gasteiger partial charge in [0.25, 0.3) is 0 Å². The van der Waals surface area contributed by atoms with Gasteiger partial charge >= 0.3 is 0 Å². The van der Waals surface area contributed by atoms with Crippen molar-refractivity contribution in [3.63, 3.8) is 0 Å². The van der Waals surface area contributed by atoms with Crippen molar-refractivity contribution in [1.29, 1.82) is 0 Å². The minimum Gasteiger partial charge on any atom is -0.377 e. The highest BCUT2D eigenvalue weighted by molar-refractivity contribution is 14.1. The number of halogens is 1. The molecule has 0 heterocycles. The lowest BCUT2D eigenvalue weighted by molar-refractivity contribution is 0.0506. The summed E-state index contributed by atoms with van der Waals surface area (Å²) in [5.41, 5.74) is 0. The second-order valence-corrected chi connectivity index (χ2v) is 5.16. The van der Waals surface area contributed by atoms with Crippen LogP contribution in [0.4, 0.5) is 0 Å². The fourth-order valence-corrected chi connectivity index (χ4v) is 2.69. The number of rotatable bonds is 3. The lowest BCUT2D eigenvalue weighted by Gasteiger charge is -2.20. The third-order valence-electron chi connectivity index (χ3n) is 2.41. The zero-order valence-electron chi connectivity index (χ0n) is 7.89. The van der Waals surface area contributed by atoms with E-state index in [1.807, 2.05) is 0 Å². The molecule has 0 N–H and O–H groups in total. The molecule has 1 fully saturated rings. The molecule has 0 spiro atoms. The van der Waals surface area contributed by atoms with Gasteiger partial charge in [-0.25, -0.2) is 0 Å². The number of hydrogen-bond acceptors (Lipinski definition) is 1. The molecule has 0 amide bonds. The number of hydrogen-bond donors (Lipinski definition) is 0. The first-order chi connectivity index (χ1) is 5.84. The van der Waals surface area contributed by atoms with Crippen LogP contribution < -0.4 is 0 Å². The van der Waals surface area contributed by atoms with E-state index in [2.05, 4.69) is 29.5 Å².